The van der Waals surface area contributed by atoms with Crippen LogP contribution < -0.4 is 5.32 Å². The van der Waals surface area contributed by atoms with Crippen molar-refractivity contribution in [3.8, 4) is 17.3 Å². The summed E-state index contributed by atoms with van der Waals surface area (Å²) in [6.45, 7) is 4.24. The van der Waals surface area contributed by atoms with Gasteiger partial charge in [0.1, 0.15) is 0 Å². The molecule has 1 N–H and O–H groups in total. The fraction of sp³-hybridized carbons (Fsp3) is 0.348. The molecule has 1 aliphatic heterocycles. The highest BCUT2D eigenvalue weighted by Gasteiger charge is 2.21. The Hall–Kier alpha value is -3.77. The summed E-state index contributed by atoms with van der Waals surface area (Å²) in [6.07, 6.45) is 7.45. The molecule has 0 radical (unpaired) electrons. The van der Waals surface area contributed by atoms with Gasteiger partial charge in [-0.15, -0.1) is 0 Å². The SMILES string of the molecule is COC(=O)c1ccc(-c2nc(Nc3cnn(C4CCN(CC#N)CC4)c3)ncc2C)cc1. The van der Waals surface area contributed by atoms with Crippen LogP contribution >= 0.6 is 0 Å². The van der Waals surface area contributed by atoms with Gasteiger partial charge in [-0.1, -0.05) is 12.1 Å². The molecule has 0 aliphatic carbocycles. The summed E-state index contributed by atoms with van der Waals surface area (Å²) < 4.78 is 6.73. The molecule has 0 atom stereocenters. The summed E-state index contributed by atoms with van der Waals surface area (Å²) in [7, 11) is 1.36. The summed E-state index contributed by atoms with van der Waals surface area (Å²) in [4.78, 5) is 22.9. The maximum Gasteiger partial charge on any atom is 0.337 e. The van der Waals surface area contributed by atoms with Crippen LogP contribution in [-0.4, -0.2) is 57.4 Å². The third kappa shape index (κ3) is 4.76. The first-order valence-corrected chi connectivity index (χ1v) is 10.5. The van der Waals surface area contributed by atoms with E-state index in [4.69, 9.17) is 10.00 Å². The minimum Gasteiger partial charge on any atom is -0.465 e. The number of benzene rings is 1. The summed E-state index contributed by atoms with van der Waals surface area (Å²) in [6, 6.07) is 9.68. The normalized spacial score (nSPS) is 14.7. The fourth-order valence-electron chi connectivity index (χ4n) is 3.85. The molecule has 9 nitrogen and oxygen atoms in total. The number of carbonyl (C=O) groups excluding carboxylic acids is 1. The number of esters is 1. The number of aryl methyl sites for hydroxylation is 1. The number of aromatic nitrogens is 4. The number of hydrogen-bond acceptors (Lipinski definition) is 8. The van der Waals surface area contributed by atoms with Crippen molar-refractivity contribution in [3.05, 3.63) is 54.0 Å². The van der Waals surface area contributed by atoms with Gasteiger partial charge < -0.3 is 10.1 Å². The van der Waals surface area contributed by atoms with E-state index in [9.17, 15) is 4.79 Å². The van der Waals surface area contributed by atoms with Gasteiger partial charge in [-0.2, -0.15) is 10.4 Å². The van der Waals surface area contributed by atoms with Crippen molar-refractivity contribution in [1.29, 1.82) is 5.26 Å². The second kappa shape index (κ2) is 9.58. The van der Waals surface area contributed by atoms with Crippen LogP contribution in [0.1, 0.15) is 34.8 Å². The maximum absolute atomic E-state index is 11.7. The minimum absolute atomic E-state index is 0.323. The fourth-order valence-corrected chi connectivity index (χ4v) is 3.85. The molecule has 2 aromatic heterocycles. The Bertz CT molecular complexity index is 1130. The molecule has 1 aliphatic rings. The van der Waals surface area contributed by atoms with Gasteiger partial charge in [0.15, 0.2) is 0 Å². The molecule has 0 bridgehead atoms. The average molecular weight is 432 g/mol. The third-order valence-corrected chi connectivity index (χ3v) is 5.63. The molecular weight excluding hydrogens is 406 g/mol. The van der Waals surface area contributed by atoms with Crippen LogP contribution in [0.4, 0.5) is 11.6 Å². The quantitative estimate of drug-likeness (QED) is 0.468. The molecule has 3 heterocycles. The van der Waals surface area contributed by atoms with Gasteiger partial charge in [0.05, 0.1) is 48.9 Å². The van der Waals surface area contributed by atoms with E-state index >= 15 is 0 Å². The zero-order chi connectivity index (χ0) is 22.5. The van der Waals surface area contributed by atoms with Crippen molar-refractivity contribution < 1.29 is 9.53 Å². The lowest BCUT2D eigenvalue weighted by molar-refractivity contribution is 0.0600. The summed E-state index contributed by atoms with van der Waals surface area (Å²) in [5, 5.41) is 16.6. The number of nitrogens with one attached hydrogen (secondary N) is 1. The second-order valence-electron chi connectivity index (χ2n) is 7.79. The monoisotopic (exact) mass is 431 g/mol. The molecule has 164 valence electrons. The number of piperidine rings is 1. The Morgan fingerprint density at radius 3 is 2.69 bits per heavy atom. The van der Waals surface area contributed by atoms with Crippen LogP contribution in [0.3, 0.4) is 0 Å². The van der Waals surface area contributed by atoms with E-state index in [2.05, 4.69) is 31.4 Å². The van der Waals surface area contributed by atoms with Crippen molar-refractivity contribution in [2.24, 2.45) is 0 Å². The van der Waals surface area contributed by atoms with Crippen molar-refractivity contribution in [2.75, 3.05) is 32.1 Å². The number of hydrogen-bond donors (Lipinski definition) is 1. The topological polar surface area (TPSA) is 109 Å². The smallest absolute Gasteiger partial charge is 0.337 e. The molecule has 1 aromatic carbocycles. The van der Waals surface area contributed by atoms with E-state index in [-0.39, 0.29) is 5.97 Å². The highest BCUT2D eigenvalue weighted by atomic mass is 16.5. The van der Waals surface area contributed by atoms with Crippen molar-refractivity contribution in [3.63, 3.8) is 0 Å². The van der Waals surface area contributed by atoms with Gasteiger partial charge >= 0.3 is 5.97 Å². The summed E-state index contributed by atoms with van der Waals surface area (Å²) in [5.74, 6) is 0.108. The zero-order valence-corrected chi connectivity index (χ0v) is 18.2. The lowest BCUT2D eigenvalue weighted by Gasteiger charge is -2.30. The van der Waals surface area contributed by atoms with Crippen LogP contribution in [0.5, 0.6) is 0 Å². The van der Waals surface area contributed by atoms with Crippen LogP contribution in [-0.2, 0) is 4.74 Å². The molecule has 9 heteroatoms. The Morgan fingerprint density at radius 2 is 2.00 bits per heavy atom. The number of methoxy groups -OCH3 is 1. The van der Waals surface area contributed by atoms with E-state index in [1.807, 2.05) is 29.9 Å². The molecule has 1 fully saturated rings. The van der Waals surface area contributed by atoms with E-state index in [0.29, 0.717) is 24.1 Å². The molecular formula is C23H25N7O2. The van der Waals surface area contributed by atoms with Crippen molar-refractivity contribution >= 4 is 17.6 Å². The van der Waals surface area contributed by atoms with Gasteiger partial charge in [-0.25, -0.2) is 14.8 Å². The van der Waals surface area contributed by atoms with Gasteiger partial charge in [0, 0.05) is 31.0 Å². The third-order valence-electron chi connectivity index (χ3n) is 5.63. The van der Waals surface area contributed by atoms with E-state index in [1.165, 1.54) is 7.11 Å². The Balaban J connectivity index is 1.46. The van der Waals surface area contributed by atoms with Gasteiger partial charge in [-0.3, -0.25) is 9.58 Å². The molecule has 0 saturated carbocycles. The number of ether oxygens (including phenoxy) is 1. The van der Waals surface area contributed by atoms with Crippen molar-refractivity contribution in [1.82, 2.24) is 24.6 Å². The van der Waals surface area contributed by atoms with E-state index in [0.717, 1.165) is 48.4 Å². The highest BCUT2D eigenvalue weighted by Crippen LogP contribution is 2.26. The predicted molar refractivity (Wildman–Crippen MR) is 119 cm³/mol. The molecule has 1 saturated heterocycles. The Labute approximate surface area is 186 Å². The minimum atomic E-state index is -0.369. The highest BCUT2D eigenvalue weighted by molar-refractivity contribution is 5.89. The average Bonchev–Trinajstić information content (AvgIpc) is 3.29. The van der Waals surface area contributed by atoms with E-state index < -0.39 is 0 Å². The van der Waals surface area contributed by atoms with Gasteiger partial charge in [0.2, 0.25) is 5.95 Å². The maximum atomic E-state index is 11.7. The number of anilines is 2. The van der Waals surface area contributed by atoms with Crippen LogP contribution in [0.25, 0.3) is 11.3 Å². The molecule has 32 heavy (non-hydrogen) atoms. The lowest BCUT2D eigenvalue weighted by Crippen LogP contribution is -2.34. The van der Waals surface area contributed by atoms with E-state index in [1.54, 1.807) is 24.5 Å². The van der Waals surface area contributed by atoms with Crippen LogP contribution in [0, 0.1) is 18.3 Å². The van der Waals surface area contributed by atoms with Gasteiger partial charge in [0.25, 0.3) is 0 Å². The largest absolute Gasteiger partial charge is 0.465 e. The Morgan fingerprint density at radius 1 is 1.25 bits per heavy atom. The molecule has 0 amide bonds. The molecule has 0 unspecified atom stereocenters. The predicted octanol–water partition coefficient (Wildman–Crippen LogP) is 3.34. The van der Waals surface area contributed by atoms with Crippen molar-refractivity contribution in [2.45, 2.75) is 25.8 Å². The first-order valence-electron chi connectivity index (χ1n) is 10.5. The molecule has 3 aromatic rings. The Kier molecular flexibility index (Phi) is 6.42. The number of carbonyl (C=O) groups is 1. The second-order valence-corrected chi connectivity index (χ2v) is 7.79. The number of nitriles is 1. The standard InChI is InChI=1S/C23H25N7O2/c1-16-13-25-23(28-21(16)17-3-5-18(6-4-17)22(31)32-2)27-19-14-26-30(15-19)20-7-10-29(11-8-20)12-9-24/h3-6,13-15,20H,7-8,10-12H2,1-2H3,(H,25,27,28). The van der Waals surface area contributed by atoms with Crippen LogP contribution in [0.2, 0.25) is 0 Å². The molecule has 4 rings (SSSR count). The lowest BCUT2D eigenvalue weighted by atomic mass is 10.1. The summed E-state index contributed by atoms with van der Waals surface area (Å²) in [5.41, 5.74) is 3.92. The number of likely N-dealkylation sites (tertiary alicyclic amines) is 1. The first-order chi connectivity index (χ1) is 15.6. The number of nitrogens with zero attached hydrogens (tertiary/aromatic N) is 6. The summed E-state index contributed by atoms with van der Waals surface area (Å²) >= 11 is 0. The zero-order valence-electron chi connectivity index (χ0n) is 18.2. The van der Waals surface area contributed by atoms with Gasteiger partial charge in [-0.05, 0) is 37.5 Å². The molecule has 0 spiro atoms. The number of rotatable bonds is 6. The first kappa shape index (κ1) is 21.5. The van der Waals surface area contributed by atoms with Crippen LogP contribution in [0.15, 0.2) is 42.9 Å².